The molecule has 1 unspecified atom stereocenters. The number of amides is 1. The van der Waals surface area contributed by atoms with E-state index in [2.05, 4.69) is 0 Å². The van der Waals surface area contributed by atoms with Crippen molar-refractivity contribution in [2.24, 2.45) is 0 Å². The van der Waals surface area contributed by atoms with E-state index in [1.165, 1.54) is 0 Å². The first kappa shape index (κ1) is 18.3. The van der Waals surface area contributed by atoms with Gasteiger partial charge < -0.3 is 19.2 Å². The zero-order valence-corrected chi connectivity index (χ0v) is 15.8. The molecule has 144 valence electrons. The molecule has 2 aromatic carbocycles. The van der Waals surface area contributed by atoms with Crippen molar-refractivity contribution < 1.29 is 19.1 Å². The minimum atomic E-state index is -0.578. The van der Waals surface area contributed by atoms with Gasteiger partial charge in [-0.3, -0.25) is 9.59 Å². The van der Waals surface area contributed by atoms with Crippen LogP contribution in [0.1, 0.15) is 39.7 Å². The molecule has 0 saturated carbocycles. The monoisotopic (exact) mass is 379 g/mol. The van der Waals surface area contributed by atoms with Gasteiger partial charge in [0.25, 0.3) is 5.91 Å². The van der Waals surface area contributed by atoms with E-state index in [4.69, 9.17) is 9.15 Å². The van der Waals surface area contributed by atoms with Crippen LogP contribution in [0.25, 0.3) is 11.0 Å². The number of hydrogen-bond donors (Lipinski definition) is 1. The number of carbonyl (C=O) groups is 1. The number of aliphatic hydroxyl groups is 1. The number of carbonyl (C=O) groups excluding carboxylic acids is 1. The summed E-state index contributed by atoms with van der Waals surface area (Å²) in [5.74, 6) is 0.379. The second-order valence-corrected chi connectivity index (χ2v) is 6.93. The Labute approximate surface area is 162 Å². The van der Waals surface area contributed by atoms with Gasteiger partial charge in [0.15, 0.2) is 5.43 Å². The quantitative estimate of drug-likeness (QED) is 0.737. The van der Waals surface area contributed by atoms with Crippen LogP contribution < -0.4 is 10.2 Å². The van der Waals surface area contributed by atoms with Crippen LogP contribution in [0.3, 0.4) is 0 Å². The lowest BCUT2D eigenvalue weighted by Gasteiger charge is -2.25. The molecule has 1 aliphatic rings. The Kier molecular flexibility index (Phi) is 4.65. The number of aliphatic hydroxyl groups excluding tert-OH is 1. The molecule has 6 heteroatoms. The largest absolute Gasteiger partial charge is 0.497 e. The molecule has 0 fully saturated rings. The number of ether oxygens (including phenoxy) is 1. The normalized spacial score (nSPS) is 15.9. The van der Waals surface area contributed by atoms with E-state index >= 15 is 0 Å². The summed E-state index contributed by atoms with van der Waals surface area (Å²) in [6, 6.07) is 12.1. The van der Waals surface area contributed by atoms with Crippen LogP contribution in [-0.4, -0.2) is 36.2 Å². The molecular formula is C22H21NO5. The number of rotatable bonds is 5. The maximum atomic E-state index is 13.4. The third-order valence-electron chi connectivity index (χ3n) is 5.09. The Morgan fingerprint density at radius 1 is 1.18 bits per heavy atom. The van der Waals surface area contributed by atoms with Crippen LogP contribution in [0.5, 0.6) is 5.75 Å². The molecule has 28 heavy (non-hydrogen) atoms. The molecule has 3 aromatic rings. The van der Waals surface area contributed by atoms with Gasteiger partial charge in [-0.1, -0.05) is 23.8 Å². The Morgan fingerprint density at radius 3 is 2.75 bits per heavy atom. The maximum Gasteiger partial charge on any atom is 0.290 e. The van der Waals surface area contributed by atoms with Gasteiger partial charge in [0, 0.05) is 13.2 Å². The van der Waals surface area contributed by atoms with Crippen molar-refractivity contribution in [1.82, 2.24) is 4.90 Å². The highest BCUT2D eigenvalue weighted by Gasteiger charge is 2.42. The molecule has 0 aliphatic carbocycles. The van der Waals surface area contributed by atoms with Crippen LogP contribution in [0, 0.1) is 6.92 Å². The summed E-state index contributed by atoms with van der Waals surface area (Å²) in [5, 5.41) is 9.73. The highest BCUT2D eigenvalue weighted by atomic mass is 16.5. The van der Waals surface area contributed by atoms with Crippen molar-refractivity contribution in [3.8, 4) is 5.75 Å². The number of fused-ring (bicyclic) bond motifs is 2. The van der Waals surface area contributed by atoms with Crippen molar-refractivity contribution in [1.29, 1.82) is 0 Å². The first-order chi connectivity index (χ1) is 13.5. The summed E-state index contributed by atoms with van der Waals surface area (Å²) in [5.41, 5.74) is 2.25. The smallest absolute Gasteiger partial charge is 0.290 e. The summed E-state index contributed by atoms with van der Waals surface area (Å²) in [4.78, 5) is 28.0. The lowest BCUT2D eigenvalue weighted by atomic mass is 9.98. The van der Waals surface area contributed by atoms with Gasteiger partial charge in [-0.15, -0.1) is 0 Å². The van der Waals surface area contributed by atoms with Gasteiger partial charge in [-0.05, 0) is 43.2 Å². The lowest BCUT2D eigenvalue weighted by Crippen LogP contribution is -2.31. The summed E-state index contributed by atoms with van der Waals surface area (Å²) < 4.78 is 11.2. The van der Waals surface area contributed by atoms with Gasteiger partial charge in [0.1, 0.15) is 11.3 Å². The fourth-order valence-corrected chi connectivity index (χ4v) is 3.76. The summed E-state index contributed by atoms with van der Waals surface area (Å²) >= 11 is 0. The Bertz CT molecular complexity index is 1120. The second kappa shape index (κ2) is 7.13. The highest BCUT2D eigenvalue weighted by molar-refractivity contribution is 5.99. The predicted molar refractivity (Wildman–Crippen MR) is 105 cm³/mol. The topological polar surface area (TPSA) is 80.0 Å². The SMILES string of the molecule is COc1cccc(C2c3c(oc4ccc(C)cc4c3=O)C(=O)N2CCCO)c1. The van der Waals surface area contributed by atoms with E-state index < -0.39 is 6.04 Å². The minimum absolute atomic E-state index is 0.0481. The van der Waals surface area contributed by atoms with E-state index in [0.717, 1.165) is 11.1 Å². The number of nitrogens with zero attached hydrogens (tertiary/aromatic N) is 1. The average molecular weight is 379 g/mol. The number of methoxy groups -OCH3 is 1. The van der Waals surface area contributed by atoms with E-state index in [1.807, 2.05) is 37.3 Å². The van der Waals surface area contributed by atoms with Gasteiger partial charge in [0.2, 0.25) is 5.76 Å². The first-order valence-corrected chi connectivity index (χ1v) is 9.18. The molecule has 0 bridgehead atoms. The molecule has 0 saturated heterocycles. The molecule has 1 amide bonds. The van der Waals surface area contributed by atoms with E-state index in [1.54, 1.807) is 24.1 Å². The van der Waals surface area contributed by atoms with E-state index in [-0.39, 0.29) is 23.7 Å². The number of benzene rings is 2. The van der Waals surface area contributed by atoms with Crippen molar-refractivity contribution in [3.63, 3.8) is 0 Å². The summed E-state index contributed by atoms with van der Waals surface area (Å²) in [7, 11) is 1.57. The Balaban J connectivity index is 1.97. The fourth-order valence-electron chi connectivity index (χ4n) is 3.76. The first-order valence-electron chi connectivity index (χ1n) is 9.18. The van der Waals surface area contributed by atoms with Crippen LogP contribution in [0.15, 0.2) is 51.7 Å². The summed E-state index contributed by atoms with van der Waals surface area (Å²) in [6.45, 7) is 2.17. The van der Waals surface area contributed by atoms with Crippen molar-refractivity contribution in [2.75, 3.05) is 20.3 Å². The standard InChI is InChI=1S/C22H21NO5/c1-13-7-8-17-16(11-13)20(25)18-19(14-5-3-6-15(12-14)27-2)23(9-4-10-24)22(26)21(18)28-17/h3,5-8,11-12,19,24H,4,9-10H2,1-2H3. The molecule has 1 aliphatic heterocycles. The molecule has 4 rings (SSSR count). The van der Waals surface area contributed by atoms with E-state index in [9.17, 15) is 14.7 Å². The predicted octanol–water partition coefficient (Wildman–Crippen LogP) is 3.04. The molecule has 0 radical (unpaired) electrons. The molecule has 1 atom stereocenters. The average Bonchev–Trinajstić information content (AvgIpc) is 2.99. The minimum Gasteiger partial charge on any atom is -0.497 e. The highest BCUT2D eigenvalue weighted by Crippen LogP contribution is 2.39. The zero-order valence-electron chi connectivity index (χ0n) is 15.8. The van der Waals surface area contributed by atoms with Crippen molar-refractivity contribution in [2.45, 2.75) is 19.4 Å². The third kappa shape index (κ3) is 2.86. The third-order valence-corrected chi connectivity index (χ3v) is 5.09. The van der Waals surface area contributed by atoms with Crippen LogP contribution >= 0.6 is 0 Å². The molecule has 0 spiro atoms. The molecule has 2 heterocycles. The zero-order chi connectivity index (χ0) is 19.8. The Morgan fingerprint density at radius 2 is 2.00 bits per heavy atom. The van der Waals surface area contributed by atoms with Gasteiger partial charge in [-0.2, -0.15) is 0 Å². The van der Waals surface area contributed by atoms with Crippen LogP contribution in [0.4, 0.5) is 0 Å². The number of hydrogen-bond acceptors (Lipinski definition) is 5. The molecule has 1 aromatic heterocycles. The van der Waals surface area contributed by atoms with Crippen molar-refractivity contribution in [3.05, 3.63) is 75.1 Å². The molecule has 6 nitrogen and oxygen atoms in total. The Hall–Kier alpha value is -3.12. The lowest BCUT2D eigenvalue weighted by molar-refractivity contribution is 0.0716. The molecule has 1 N–H and O–H groups in total. The van der Waals surface area contributed by atoms with Crippen LogP contribution in [-0.2, 0) is 0 Å². The van der Waals surface area contributed by atoms with Crippen LogP contribution in [0.2, 0.25) is 0 Å². The fraction of sp³-hybridized carbons (Fsp3) is 0.273. The van der Waals surface area contributed by atoms with Crippen molar-refractivity contribution >= 4 is 16.9 Å². The van der Waals surface area contributed by atoms with Gasteiger partial charge >= 0.3 is 0 Å². The second-order valence-electron chi connectivity index (χ2n) is 6.93. The van der Waals surface area contributed by atoms with Gasteiger partial charge in [0.05, 0.1) is 24.1 Å². The van der Waals surface area contributed by atoms with E-state index in [0.29, 0.717) is 35.2 Å². The number of aryl methyl sites for hydroxylation is 1. The summed E-state index contributed by atoms with van der Waals surface area (Å²) in [6.07, 6.45) is 0.410. The maximum absolute atomic E-state index is 13.4. The molecular weight excluding hydrogens is 358 g/mol. The van der Waals surface area contributed by atoms with Gasteiger partial charge in [-0.25, -0.2) is 0 Å².